The number of para-hydroxylation sites is 1. The van der Waals surface area contributed by atoms with E-state index < -0.39 is 5.97 Å². The van der Waals surface area contributed by atoms with Gasteiger partial charge in [-0.3, -0.25) is 9.36 Å². The number of carbonyl (C=O) groups excluding carboxylic acids is 2. The molecule has 1 aromatic heterocycles. The van der Waals surface area contributed by atoms with Crippen molar-refractivity contribution in [3.05, 3.63) is 66.5 Å². The molecule has 0 saturated heterocycles. The Balaban J connectivity index is 1.54. The number of imidazole rings is 1. The molecule has 2 aromatic carbocycles. The van der Waals surface area contributed by atoms with Crippen molar-refractivity contribution in [2.75, 3.05) is 24.8 Å². The first kappa shape index (κ1) is 20.5. The first-order valence-corrected chi connectivity index (χ1v) is 9.87. The van der Waals surface area contributed by atoms with Gasteiger partial charge in [-0.15, -0.1) is 0 Å². The Morgan fingerprint density at radius 2 is 1.90 bits per heavy atom. The van der Waals surface area contributed by atoms with Crippen molar-refractivity contribution in [1.82, 2.24) is 9.55 Å². The highest BCUT2D eigenvalue weighted by Gasteiger charge is 2.11. The highest BCUT2D eigenvalue weighted by Crippen LogP contribution is 2.23. The number of benzene rings is 2. The van der Waals surface area contributed by atoms with Gasteiger partial charge in [0.2, 0.25) is 5.91 Å². The number of ether oxygens (including phenoxy) is 2. The maximum atomic E-state index is 12.3. The average molecular weight is 411 g/mol. The third kappa shape index (κ3) is 5.61. The van der Waals surface area contributed by atoms with Crippen molar-refractivity contribution in [2.24, 2.45) is 0 Å². The monoisotopic (exact) mass is 411 g/mol. The van der Waals surface area contributed by atoms with Crippen LogP contribution in [0.1, 0.15) is 5.56 Å². The Morgan fingerprint density at radius 3 is 2.62 bits per heavy atom. The van der Waals surface area contributed by atoms with E-state index >= 15 is 0 Å². The first-order valence-electron chi connectivity index (χ1n) is 8.88. The zero-order valence-corrected chi connectivity index (χ0v) is 16.9. The quantitative estimate of drug-likeness (QED) is 0.452. The average Bonchev–Trinajstić information content (AvgIpc) is 3.20. The van der Waals surface area contributed by atoms with Crippen LogP contribution in [0.15, 0.2) is 66.1 Å². The summed E-state index contributed by atoms with van der Waals surface area (Å²) in [5.74, 6) is 0.146. The third-order valence-corrected chi connectivity index (χ3v) is 5.00. The highest BCUT2D eigenvalue weighted by molar-refractivity contribution is 7.99. The molecule has 1 N–H and O–H groups in total. The Hall–Kier alpha value is -3.26. The van der Waals surface area contributed by atoms with Gasteiger partial charge in [0.15, 0.2) is 11.8 Å². The second-order valence-corrected chi connectivity index (χ2v) is 7.03. The van der Waals surface area contributed by atoms with E-state index in [1.165, 1.54) is 18.9 Å². The van der Waals surface area contributed by atoms with Gasteiger partial charge < -0.3 is 14.8 Å². The lowest BCUT2D eigenvalue weighted by atomic mass is 10.2. The molecule has 3 rings (SSSR count). The van der Waals surface area contributed by atoms with E-state index in [-0.39, 0.29) is 18.3 Å². The summed E-state index contributed by atoms with van der Waals surface area (Å²) in [4.78, 5) is 27.7. The second kappa shape index (κ2) is 9.79. The van der Waals surface area contributed by atoms with Crippen molar-refractivity contribution in [3.63, 3.8) is 0 Å². The molecule has 0 atom stereocenters. The van der Waals surface area contributed by atoms with Crippen LogP contribution in [0.5, 0.6) is 5.75 Å². The van der Waals surface area contributed by atoms with Gasteiger partial charge in [0.1, 0.15) is 5.75 Å². The summed E-state index contributed by atoms with van der Waals surface area (Å²) < 4.78 is 11.8. The Kier molecular flexibility index (Phi) is 6.91. The molecule has 0 unspecified atom stereocenters. The number of aryl methyl sites for hydroxylation is 1. The minimum atomic E-state index is -0.455. The largest absolute Gasteiger partial charge is 0.482 e. The molecule has 29 heavy (non-hydrogen) atoms. The number of carbonyl (C=O) groups is 2. The molecule has 0 saturated carbocycles. The molecule has 1 amide bonds. The molecule has 0 fully saturated rings. The summed E-state index contributed by atoms with van der Waals surface area (Å²) in [6, 6.07) is 14.8. The zero-order valence-electron chi connectivity index (χ0n) is 16.1. The number of thioether (sulfide) groups is 1. The maximum absolute atomic E-state index is 12.3. The molecular weight excluding hydrogens is 390 g/mol. The molecular formula is C21H21N3O4S. The number of nitrogens with zero attached hydrogens (tertiary/aromatic N) is 2. The molecule has 3 aromatic rings. The number of amides is 1. The smallest absolute Gasteiger partial charge is 0.343 e. The third-order valence-electron chi connectivity index (χ3n) is 4.04. The summed E-state index contributed by atoms with van der Waals surface area (Å²) in [7, 11) is 1.30. The molecule has 150 valence electrons. The number of aromatic nitrogens is 2. The fraction of sp³-hybridized carbons (Fsp3) is 0.190. The normalized spacial score (nSPS) is 10.4. The van der Waals surface area contributed by atoms with Crippen LogP contribution in [-0.4, -0.2) is 40.9 Å². The standard InChI is InChI=1S/C21H21N3O4S/c1-15-5-3-4-6-18(15)24-12-11-22-21(24)29-14-19(25)23-16-7-9-17(10-8-16)28-13-20(26)27-2/h3-12H,13-14H2,1-2H3,(H,23,25). The van der Waals surface area contributed by atoms with Crippen molar-refractivity contribution < 1.29 is 19.1 Å². The number of anilines is 1. The van der Waals surface area contributed by atoms with E-state index in [1.807, 2.05) is 42.0 Å². The molecule has 0 aliphatic rings. The fourth-order valence-corrected chi connectivity index (χ4v) is 3.34. The Bertz CT molecular complexity index is 986. The van der Waals surface area contributed by atoms with Crippen LogP contribution in [0, 0.1) is 6.92 Å². The summed E-state index contributed by atoms with van der Waals surface area (Å²) in [6.07, 6.45) is 3.61. The van der Waals surface area contributed by atoms with Gasteiger partial charge in [-0.25, -0.2) is 9.78 Å². The molecule has 0 spiro atoms. The summed E-state index contributed by atoms with van der Waals surface area (Å²) in [5, 5.41) is 3.59. The van der Waals surface area contributed by atoms with Crippen LogP contribution in [0.2, 0.25) is 0 Å². The number of hydrogen-bond acceptors (Lipinski definition) is 6. The SMILES string of the molecule is COC(=O)COc1ccc(NC(=O)CSc2nccn2-c2ccccc2C)cc1. The lowest BCUT2D eigenvalue weighted by molar-refractivity contribution is -0.142. The van der Waals surface area contributed by atoms with E-state index in [9.17, 15) is 9.59 Å². The molecule has 1 heterocycles. The van der Waals surface area contributed by atoms with E-state index in [1.54, 1.807) is 30.5 Å². The minimum absolute atomic E-state index is 0.141. The zero-order chi connectivity index (χ0) is 20.6. The maximum Gasteiger partial charge on any atom is 0.343 e. The van der Waals surface area contributed by atoms with Gasteiger partial charge in [-0.1, -0.05) is 30.0 Å². The molecule has 0 radical (unpaired) electrons. The number of esters is 1. The fourth-order valence-electron chi connectivity index (χ4n) is 2.58. The number of rotatable bonds is 8. The number of nitrogens with one attached hydrogen (secondary N) is 1. The van der Waals surface area contributed by atoms with Gasteiger partial charge in [0.05, 0.1) is 18.6 Å². The molecule has 0 bridgehead atoms. The van der Waals surface area contributed by atoms with Gasteiger partial charge in [0, 0.05) is 18.1 Å². The van der Waals surface area contributed by atoms with Crippen LogP contribution >= 0.6 is 11.8 Å². The van der Waals surface area contributed by atoms with E-state index in [4.69, 9.17) is 4.74 Å². The van der Waals surface area contributed by atoms with Crippen LogP contribution in [0.4, 0.5) is 5.69 Å². The summed E-state index contributed by atoms with van der Waals surface area (Å²) in [5.41, 5.74) is 2.81. The van der Waals surface area contributed by atoms with E-state index in [0.29, 0.717) is 11.4 Å². The van der Waals surface area contributed by atoms with Crippen LogP contribution in [-0.2, 0) is 14.3 Å². The van der Waals surface area contributed by atoms with Crippen LogP contribution in [0.25, 0.3) is 5.69 Å². The van der Waals surface area contributed by atoms with Gasteiger partial charge in [0.25, 0.3) is 0 Å². The molecule has 0 aliphatic carbocycles. The van der Waals surface area contributed by atoms with Crippen molar-refractivity contribution in [2.45, 2.75) is 12.1 Å². The van der Waals surface area contributed by atoms with Crippen LogP contribution in [0.3, 0.4) is 0 Å². The molecule has 0 aliphatic heterocycles. The summed E-state index contributed by atoms with van der Waals surface area (Å²) >= 11 is 1.37. The first-order chi connectivity index (χ1) is 14.1. The molecule has 7 nitrogen and oxygen atoms in total. The van der Waals surface area contributed by atoms with Gasteiger partial charge in [-0.2, -0.15) is 0 Å². The van der Waals surface area contributed by atoms with Gasteiger partial charge >= 0.3 is 5.97 Å². The van der Waals surface area contributed by atoms with Crippen LogP contribution < -0.4 is 10.1 Å². The topological polar surface area (TPSA) is 82.4 Å². The predicted octanol–water partition coefficient (Wildman–Crippen LogP) is 3.46. The van der Waals surface area contributed by atoms with Gasteiger partial charge in [-0.05, 0) is 42.8 Å². The van der Waals surface area contributed by atoms with E-state index in [0.717, 1.165) is 16.4 Å². The summed E-state index contributed by atoms with van der Waals surface area (Å²) in [6.45, 7) is 1.88. The Morgan fingerprint density at radius 1 is 1.14 bits per heavy atom. The lowest BCUT2D eigenvalue weighted by Gasteiger charge is -2.10. The number of hydrogen-bond donors (Lipinski definition) is 1. The van der Waals surface area contributed by atoms with E-state index in [2.05, 4.69) is 15.0 Å². The number of methoxy groups -OCH3 is 1. The van der Waals surface area contributed by atoms with Crippen molar-refractivity contribution >= 4 is 29.3 Å². The van der Waals surface area contributed by atoms with Crippen molar-refractivity contribution in [1.29, 1.82) is 0 Å². The second-order valence-electron chi connectivity index (χ2n) is 6.09. The minimum Gasteiger partial charge on any atom is -0.482 e. The lowest BCUT2D eigenvalue weighted by Crippen LogP contribution is -2.15. The molecule has 8 heteroatoms. The van der Waals surface area contributed by atoms with Crippen molar-refractivity contribution in [3.8, 4) is 11.4 Å². The predicted molar refractivity (Wildman–Crippen MR) is 112 cm³/mol. The Labute approximate surface area is 173 Å². The highest BCUT2D eigenvalue weighted by atomic mass is 32.2.